The summed E-state index contributed by atoms with van der Waals surface area (Å²) in [5.41, 5.74) is 8.95. The lowest BCUT2D eigenvalue weighted by Gasteiger charge is -2.13. The van der Waals surface area contributed by atoms with Crippen LogP contribution in [0.15, 0.2) is 36.4 Å². The number of rotatable bonds is 3. The van der Waals surface area contributed by atoms with Crippen LogP contribution in [0.25, 0.3) is 0 Å². The number of ether oxygens (including phenoxy) is 1. The Morgan fingerprint density at radius 1 is 1.11 bits per heavy atom. The fraction of sp³-hybridized carbons (Fsp3) is 0.200. The number of nitrogens with two attached hydrogens (primary N) is 1. The van der Waals surface area contributed by atoms with Crippen LogP contribution in [0.3, 0.4) is 0 Å². The van der Waals surface area contributed by atoms with Gasteiger partial charge in [0.05, 0.1) is 0 Å². The monoisotopic (exact) mass is 261 g/mol. The zero-order chi connectivity index (χ0) is 13.1. The van der Waals surface area contributed by atoms with Gasteiger partial charge in [-0.15, -0.1) is 0 Å². The third-order valence-corrected chi connectivity index (χ3v) is 3.25. The van der Waals surface area contributed by atoms with Crippen molar-refractivity contribution in [1.29, 1.82) is 0 Å². The summed E-state index contributed by atoms with van der Waals surface area (Å²) in [7, 11) is 0. The van der Waals surface area contributed by atoms with Crippen molar-refractivity contribution in [2.24, 2.45) is 5.73 Å². The van der Waals surface area contributed by atoms with Gasteiger partial charge in [0, 0.05) is 17.1 Å². The summed E-state index contributed by atoms with van der Waals surface area (Å²) < 4.78 is 5.93. The van der Waals surface area contributed by atoms with E-state index in [1.807, 2.05) is 31.2 Å². The highest BCUT2D eigenvalue weighted by Crippen LogP contribution is 2.30. The SMILES string of the molecule is Cc1cccc(Oc2ccc(Cl)cc2CN)c1C. The van der Waals surface area contributed by atoms with E-state index in [0.29, 0.717) is 11.6 Å². The average Bonchev–Trinajstić information content (AvgIpc) is 2.37. The molecule has 0 amide bonds. The van der Waals surface area contributed by atoms with Crippen molar-refractivity contribution >= 4 is 11.6 Å². The first-order chi connectivity index (χ1) is 8.61. The van der Waals surface area contributed by atoms with Crippen molar-refractivity contribution in [2.45, 2.75) is 20.4 Å². The molecule has 2 N–H and O–H groups in total. The Labute approximate surface area is 112 Å². The number of aryl methyl sites for hydroxylation is 1. The largest absolute Gasteiger partial charge is 0.457 e. The standard InChI is InChI=1S/C15H16ClNO/c1-10-4-3-5-14(11(10)2)18-15-7-6-13(16)8-12(15)9-17/h3-8H,9,17H2,1-2H3. The molecule has 94 valence electrons. The second-order valence-corrected chi connectivity index (χ2v) is 4.69. The number of benzene rings is 2. The van der Waals surface area contributed by atoms with E-state index in [-0.39, 0.29) is 0 Å². The third-order valence-electron chi connectivity index (χ3n) is 3.02. The van der Waals surface area contributed by atoms with E-state index < -0.39 is 0 Å². The summed E-state index contributed by atoms with van der Waals surface area (Å²) in [5, 5.41) is 0.670. The molecule has 2 aromatic carbocycles. The number of halogens is 1. The molecule has 0 spiro atoms. The molecule has 0 aliphatic carbocycles. The van der Waals surface area contributed by atoms with Crippen molar-refractivity contribution in [3.63, 3.8) is 0 Å². The molecule has 0 aromatic heterocycles. The summed E-state index contributed by atoms with van der Waals surface area (Å²) in [6.45, 7) is 4.51. The van der Waals surface area contributed by atoms with Crippen LogP contribution in [-0.2, 0) is 6.54 Å². The van der Waals surface area contributed by atoms with Crippen LogP contribution >= 0.6 is 11.6 Å². The zero-order valence-electron chi connectivity index (χ0n) is 10.5. The van der Waals surface area contributed by atoms with E-state index in [0.717, 1.165) is 22.6 Å². The Hall–Kier alpha value is -1.51. The minimum atomic E-state index is 0.404. The van der Waals surface area contributed by atoms with E-state index in [9.17, 15) is 0 Å². The fourth-order valence-corrected chi connectivity index (χ4v) is 1.96. The molecule has 0 bridgehead atoms. The molecule has 0 heterocycles. The number of hydrogen-bond donors (Lipinski definition) is 1. The predicted molar refractivity (Wildman–Crippen MR) is 75.3 cm³/mol. The molecule has 0 aliphatic rings. The van der Waals surface area contributed by atoms with Gasteiger partial charge in [-0.05, 0) is 49.2 Å². The zero-order valence-corrected chi connectivity index (χ0v) is 11.3. The molecule has 3 heteroatoms. The van der Waals surface area contributed by atoms with E-state index >= 15 is 0 Å². The highest BCUT2D eigenvalue weighted by molar-refractivity contribution is 6.30. The molecule has 2 aromatic rings. The minimum Gasteiger partial charge on any atom is -0.457 e. The van der Waals surface area contributed by atoms with Crippen molar-refractivity contribution in [3.05, 3.63) is 58.1 Å². The summed E-state index contributed by atoms with van der Waals surface area (Å²) in [6, 6.07) is 11.5. The molecule has 0 aliphatic heterocycles. The second-order valence-electron chi connectivity index (χ2n) is 4.26. The fourth-order valence-electron chi connectivity index (χ4n) is 1.76. The highest BCUT2D eigenvalue weighted by atomic mass is 35.5. The molecular weight excluding hydrogens is 246 g/mol. The second kappa shape index (κ2) is 5.42. The first kappa shape index (κ1) is 12.9. The van der Waals surface area contributed by atoms with Crippen LogP contribution in [0.1, 0.15) is 16.7 Å². The van der Waals surface area contributed by atoms with Gasteiger partial charge in [-0.25, -0.2) is 0 Å². The quantitative estimate of drug-likeness (QED) is 0.898. The van der Waals surface area contributed by atoms with Gasteiger partial charge in [-0.2, -0.15) is 0 Å². The van der Waals surface area contributed by atoms with Gasteiger partial charge in [0.15, 0.2) is 0 Å². The summed E-state index contributed by atoms with van der Waals surface area (Å²) in [5.74, 6) is 1.61. The molecule has 0 unspecified atom stereocenters. The molecule has 0 saturated heterocycles. The molecular formula is C15H16ClNO. The van der Waals surface area contributed by atoms with Gasteiger partial charge >= 0.3 is 0 Å². The lowest BCUT2D eigenvalue weighted by Crippen LogP contribution is -2.00. The van der Waals surface area contributed by atoms with E-state index in [4.69, 9.17) is 22.1 Å². The molecule has 0 saturated carbocycles. The smallest absolute Gasteiger partial charge is 0.132 e. The van der Waals surface area contributed by atoms with E-state index in [1.54, 1.807) is 6.07 Å². The first-order valence-corrected chi connectivity index (χ1v) is 6.22. The molecule has 2 rings (SSSR count). The Kier molecular flexibility index (Phi) is 3.90. The van der Waals surface area contributed by atoms with Gasteiger partial charge < -0.3 is 10.5 Å². The highest BCUT2D eigenvalue weighted by Gasteiger charge is 2.07. The van der Waals surface area contributed by atoms with Crippen molar-refractivity contribution in [2.75, 3.05) is 0 Å². The maximum absolute atomic E-state index is 5.94. The maximum Gasteiger partial charge on any atom is 0.132 e. The molecule has 0 radical (unpaired) electrons. The topological polar surface area (TPSA) is 35.2 Å². The van der Waals surface area contributed by atoms with Gasteiger partial charge in [0.25, 0.3) is 0 Å². The van der Waals surface area contributed by atoms with Gasteiger partial charge in [0.1, 0.15) is 11.5 Å². The van der Waals surface area contributed by atoms with Crippen LogP contribution in [0.5, 0.6) is 11.5 Å². The normalized spacial score (nSPS) is 10.4. The van der Waals surface area contributed by atoms with E-state index in [1.165, 1.54) is 5.56 Å². The van der Waals surface area contributed by atoms with Crippen molar-refractivity contribution < 1.29 is 4.74 Å². The first-order valence-electron chi connectivity index (χ1n) is 5.84. The Bertz CT molecular complexity index is 566. The van der Waals surface area contributed by atoms with E-state index in [2.05, 4.69) is 13.0 Å². The Balaban J connectivity index is 2.37. The van der Waals surface area contributed by atoms with Gasteiger partial charge in [0.2, 0.25) is 0 Å². The summed E-state index contributed by atoms with van der Waals surface area (Å²) in [4.78, 5) is 0. The third kappa shape index (κ3) is 2.66. The van der Waals surface area contributed by atoms with Crippen LogP contribution < -0.4 is 10.5 Å². The Morgan fingerprint density at radius 2 is 1.89 bits per heavy atom. The summed E-state index contributed by atoms with van der Waals surface area (Å²) in [6.07, 6.45) is 0. The lowest BCUT2D eigenvalue weighted by atomic mass is 10.1. The number of hydrogen-bond acceptors (Lipinski definition) is 2. The minimum absolute atomic E-state index is 0.404. The molecule has 18 heavy (non-hydrogen) atoms. The van der Waals surface area contributed by atoms with Gasteiger partial charge in [-0.3, -0.25) is 0 Å². The van der Waals surface area contributed by atoms with Crippen LogP contribution in [0, 0.1) is 13.8 Å². The van der Waals surface area contributed by atoms with Crippen molar-refractivity contribution in [3.8, 4) is 11.5 Å². The summed E-state index contributed by atoms with van der Waals surface area (Å²) >= 11 is 5.94. The average molecular weight is 262 g/mol. The maximum atomic E-state index is 5.94. The molecule has 0 atom stereocenters. The van der Waals surface area contributed by atoms with Gasteiger partial charge in [-0.1, -0.05) is 23.7 Å². The van der Waals surface area contributed by atoms with Crippen molar-refractivity contribution in [1.82, 2.24) is 0 Å². The molecule has 0 fully saturated rings. The van der Waals surface area contributed by atoms with Crippen LogP contribution in [0.4, 0.5) is 0 Å². The van der Waals surface area contributed by atoms with Crippen LogP contribution in [0.2, 0.25) is 5.02 Å². The van der Waals surface area contributed by atoms with Crippen LogP contribution in [-0.4, -0.2) is 0 Å². The Morgan fingerprint density at radius 3 is 2.61 bits per heavy atom. The predicted octanol–water partition coefficient (Wildman–Crippen LogP) is 4.21. The lowest BCUT2D eigenvalue weighted by molar-refractivity contribution is 0.472. The molecule has 2 nitrogen and oxygen atoms in total.